The average Bonchev–Trinajstić information content (AvgIpc) is 3.53. The maximum Gasteiger partial charge on any atom is 0.255 e. The van der Waals surface area contributed by atoms with Crippen LogP contribution in [0.1, 0.15) is 33.6 Å². The van der Waals surface area contributed by atoms with E-state index in [9.17, 15) is 14.0 Å². The van der Waals surface area contributed by atoms with E-state index in [0.29, 0.717) is 25.2 Å². The summed E-state index contributed by atoms with van der Waals surface area (Å²) < 4.78 is 19.4. The number of hydrogen-bond acceptors (Lipinski definition) is 5. The van der Waals surface area contributed by atoms with Crippen LogP contribution in [0.25, 0.3) is 0 Å². The molecule has 1 aromatic heterocycles. The summed E-state index contributed by atoms with van der Waals surface area (Å²) in [4.78, 5) is 30.9. The maximum atomic E-state index is 13.6. The fourth-order valence-corrected chi connectivity index (χ4v) is 4.92. The molecule has 2 amide bonds. The Bertz CT molecular complexity index is 1160. The Morgan fingerprint density at radius 2 is 2.00 bits per heavy atom. The molecule has 0 bridgehead atoms. The molecule has 2 aromatic carbocycles. The molecule has 1 saturated heterocycles. The largest absolute Gasteiger partial charge is 0.377 e. The van der Waals surface area contributed by atoms with E-state index in [1.54, 1.807) is 17.4 Å². The molecule has 6 nitrogen and oxygen atoms in total. The molecule has 2 heterocycles. The first-order chi connectivity index (χ1) is 16.9. The standard InChI is InChI=1S/C27H30FN3O3S/c1-30(2)25-11-10-22(29-27(33)19-6-3-7-21(28)14-19)15-20(25)17-31(18-23-8-4-12-34-23)26(32)16-24-9-5-13-35-24/h3,5-7,9-11,13-15,23H,4,8,12,16-18H2,1-2H3,(H,29,33)/t23-/m1/s1. The molecule has 0 saturated carbocycles. The molecular weight excluding hydrogens is 465 g/mol. The van der Waals surface area contributed by atoms with Crippen molar-refractivity contribution in [3.05, 3.63) is 81.8 Å². The van der Waals surface area contributed by atoms with Gasteiger partial charge in [0.2, 0.25) is 5.91 Å². The lowest BCUT2D eigenvalue weighted by molar-refractivity contribution is -0.132. The normalized spacial score (nSPS) is 15.1. The highest BCUT2D eigenvalue weighted by molar-refractivity contribution is 7.10. The smallest absolute Gasteiger partial charge is 0.255 e. The summed E-state index contributed by atoms with van der Waals surface area (Å²) in [6.45, 7) is 1.64. The highest BCUT2D eigenvalue weighted by atomic mass is 32.1. The highest BCUT2D eigenvalue weighted by Gasteiger charge is 2.24. The third kappa shape index (κ3) is 6.68. The molecule has 1 aliphatic heterocycles. The molecule has 4 rings (SSSR count). The Morgan fingerprint density at radius 3 is 2.69 bits per heavy atom. The van der Waals surface area contributed by atoms with Crippen molar-refractivity contribution in [1.29, 1.82) is 0 Å². The van der Waals surface area contributed by atoms with Crippen LogP contribution in [0.4, 0.5) is 15.8 Å². The van der Waals surface area contributed by atoms with Gasteiger partial charge in [0, 0.05) is 55.6 Å². The van der Waals surface area contributed by atoms with Crippen LogP contribution in [0.2, 0.25) is 0 Å². The third-order valence-electron chi connectivity index (χ3n) is 5.97. The number of thiophene rings is 1. The molecule has 3 aromatic rings. The second kappa shape index (κ2) is 11.5. The molecule has 8 heteroatoms. The molecule has 1 aliphatic rings. The number of carbonyl (C=O) groups excluding carboxylic acids is 2. The van der Waals surface area contributed by atoms with Crippen LogP contribution in [0.5, 0.6) is 0 Å². The van der Waals surface area contributed by atoms with Crippen molar-refractivity contribution >= 4 is 34.5 Å². The average molecular weight is 496 g/mol. The van der Waals surface area contributed by atoms with Gasteiger partial charge in [-0.05, 0) is 66.2 Å². The van der Waals surface area contributed by atoms with Crippen molar-refractivity contribution in [3.63, 3.8) is 0 Å². The van der Waals surface area contributed by atoms with Gasteiger partial charge in [-0.25, -0.2) is 4.39 Å². The first-order valence-electron chi connectivity index (χ1n) is 11.7. The van der Waals surface area contributed by atoms with Gasteiger partial charge < -0.3 is 19.9 Å². The zero-order chi connectivity index (χ0) is 24.8. The number of halogens is 1. The van der Waals surface area contributed by atoms with Gasteiger partial charge in [0.1, 0.15) is 5.82 Å². The van der Waals surface area contributed by atoms with E-state index in [1.165, 1.54) is 18.2 Å². The summed E-state index contributed by atoms with van der Waals surface area (Å²) in [6, 6.07) is 15.1. The molecule has 0 spiro atoms. The van der Waals surface area contributed by atoms with Crippen molar-refractivity contribution in [1.82, 2.24) is 4.90 Å². The number of amides is 2. The minimum Gasteiger partial charge on any atom is -0.377 e. The lowest BCUT2D eigenvalue weighted by Gasteiger charge is -2.28. The molecular formula is C27H30FN3O3S. The van der Waals surface area contributed by atoms with Crippen molar-refractivity contribution in [3.8, 4) is 0 Å². The van der Waals surface area contributed by atoms with Crippen molar-refractivity contribution < 1.29 is 18.7 Å². The van der Waals surface area contributed by atoms with E-state index < -0.39 is 11.7 Å². The van der Waals surface area contributed by atoms with E-state index in [1.807, 2.05) is 59.6 Å². The summed E-state index contributed by atoms with van der Waals surface area (Å²) >= 11 is 1.57. The van der Waals surface area contributed by atoms with Gasteiger partial charge in [-0.3, -0.25) is 9.59 Å². The minimum atomic E-state index is -0.463. The fourth-order valence-electron chi connectivity index (χ4n) is 4.23. The van der Waals surface area contributed by atoms with Crippen LogP contribution in [0.3, 0.4) is 0 Å². The number of nitrogens with zero attached hydrogens (tertiary/aromatic N) is 2. The highest BCUT2D eigenvalue weighted by Crippen LogP contribution is 2.26. The third-order valence-corrected chi connectivity index (χ3v) is 6.85. The summed E-state index contributed by atoms with van der Waals surface area (Å²) in [7, 11) is 3.89. The van der Waals surface area contributed by atoms with E-state index >= 15 is 0 Å². The predicted molar refractivity (Wildman–Crippen MR) is 138 cm³/mol. The Kier molecular flexibility index (Phi) is 8.15. The molecule has 0 aliphatic carbocycles. The second-order valence-corrected chi connectivity index (χ2v) is 9.90. The molecule has 0 unspecified atom stereocenters. The summed E-state index contributed by atoms with van der Waals surface area (Å²) in [5.74, 6) is -0.810. The van der Waals surface area contributed by atoms with Crippen molar-refractivity contribution in [2.75, 3.05) is 37.5 Å². The minimum absolute atomic E-state index is 0.0287. The molecule has 184 valence electrons. The van der Waals surface area contributed by atoms with Gasteiger partial charge in [-0.1, -0.05) is 12.1 Å². The van der Waals surface area contributed by atoms with Crippen LogP contribution >= 0.6 is 11.3 Å². The number of ether oxygens (including phenoxy) is 1. The van der Waals surface area contributed by atoms with Crippen LogP contribution in [-0.4, -0.2) is 50.1 Å². The Labute approximate surface area is 209 Å². The summed E-state index contributed by atoms with van der Waals surface area (Å²) in [6.07, 6.45) is 2.31. The van der Waals surface area contributed by atoms with Gasteiger partial charge in [-0.2, -0.15) is 0 Å². The zero-order valence-electron chi connectivity index (χ0n) is 20.0. The number of benzene rings is 2. The van der Waals surface area contributed by atoms with Crippen LogP contribution in [0, 0.1) is 5.82 Å². The van der Waals surface area contributed by atoms with E-state index in [4.69, 9.17) is 4.74 Å². The topological polar surface area (TPSA) is 61.9 Å². The fraction of sp³-hybridized carbons (Fsp3) is 0.333. The number of rotatable bonds is 9. The van der Waals surface area contributed by atoms with Crippen molar-refractivity contribution in [2.24, 2.45) is 0 Å². The Morgan fingerprint density at radius 1 is 1.14 bits per heavy atom. The van der Waals surface area contributed by atoms with Gasteiger partial charge in [0.15, 0.2) is 0 Å². The molecule has 0 radical (unpaired) electrons. The van der Waals surface area contributed by atoms with Gasteiger partial charge >= 0.3 is 0 Å². The summed E-state index contributed by atoms with van der Waals surface area (Å²) in [5, 5.41) is 4.83. The van der Waals surface area contributed by atoms with Crippen molar-refractivity contribution in [2.45, 2.75) is 31.9 Å². The number of anilines is 2. The first-order valence-corrected chi connectivity index (χ1v) is 12.6. The second-order valence-electron chi connectivity index (χ2n) is 8.87. The maximum absolute atomic E-state index is 13.6. The predicted octanol–water partition coefficient (Wildman–Crippen LogP) is 4.96. The van der Waals surface area contributed by atoms with Crippen LogP contribution in [-0.2, 0) is 22.5 Å². The molecule has 35 heavy (non-hydrogen) atoms. The van der Waals surface area contributed by atoms with Gasteiger partial charge in [0.05, 0.1) is 12.5 Å². The van der Waals surface area contributed by atoms with E-state index in [-0.39, 0.29) is 17.6 Å². The van der Waals surface area contributed by atoms with Crippen LogP contribution < -0.4 is 10.2 Å². The lowest BCUT2D eigenvalue weighted by Crippen LogP contribution is -2.38. The number of hydrogen-bond donors (Lipinski definition) is 1. The Hall–Kier alpha value is -3.23. The summed E-state index contributed by atoms with van der Waals surface area (Å²) in [5.41, 5.74) is 2.69. The Balaban J connectivity index is 1.57. The zero-order valence-corrected chi connectivity index (χ0v) is 20.8. The monoisotopic (exact) mass is 495 g/mol. The SMILES string of the molecule is CN(C)c1ccc(NC(=O)c2cccc(F)c2)cc1CN(C[C@H]1CCCO1)C(=O)Cc1cccs1. The van der Waals surface area contributed by atoms with E-state index in [2.05, 4.69) is 5.32 Å². The lowest BCUT2D eigenvalue weighted by atomic mass is 10.1. The molecule has 1 fully saturated rings. The first kappa shape index (κ1) is 24.9. The van der Waals surface area contributed by atoms with Crippen LogP contribution in [0.15, 0.2) is 60.0 Å². The molecule has 1 atom stereocenters. The molecule has 1 N–H and O–H groups in total. The number of nitrogens with one attached hydrogen (secondary N) is 1. The number of carbonyl (C=O) groups is 2. The van der Waals surface area contributed by atoms with Gasteiger partial charge in [0.25, 0.3) is 5.91 Å². The quantitative estimate of drug-likeness (QED) is 0.456. The van der Waals surface area contributed by atoms with E-state index in [0.717, 1.165) is 35.6 Å². The van der Waals surface area contributed by atoms with Gasteiger partial charge in [-0.15, -0.1) is 11.3 Å².